The van der Waals surface area contributed by atoms with Gasteiger partial charge in [-0.15, -0.1) is 0 Å². The Labute approximate surface area is 110 Å². The van der Waals surface area contributed by atoms with E-state index < -0.39 is 17.2 Å². The van der Waals surface area contributed by atoms with Crippen molar-refractivity contribution in [2.45, 2.75) is 48.2 Å². The summed E-state index contributed by atoms with van der Waals surface area (Å²) in [7, 11) is 0. The third-order valence-corrected chi connectivity index (χ3v) is 5.60. The molecule has 2 heterocycles. The van der Waals surface area contributed by atoms with Gasteiger partial charge in [-0.2, -0.15) is 11.8 Å². The predicted molar refractivity (Wildman–Crippen MR) is 68.5 cm³/mol. The maximum absolute atomic E-state index is 13.3. The fourth-order valence-corrected chi connectivity index (χ4v) is 5.03. The van der Waals surface area contributed by atoms with Crippen LogP contribution in [0, 0.1) is 11.6 Å². The largest absolute Gasteiger partial charge is 0.385 e. The number of fused-ring (bicyclic) bond motifs is 2. The molecule has 1 N–H and O–H groups in total. The highest BCUT2D eigenvalue weighted by molar-refractivity contribution is 8.00. The van der Waals surface area contributed by atoms with Crippen LogP contribution in [0.3, 0.4) is 0 Å². The Morgan fingerprint density at radius 3 is 2.39 bits per heavy atom. The summed E-state index contributed by atoms with van der Waals surface area (Å²) in [5, 5.41) is 11.7. The van der Waals surface area contributed by atoms with Crippen molar-refractivity contribution in [1.82, 2.24) is 0 Å². The van der Waals surface area contributed by atoms with Crippen LogP contribution in [-0.2, 0) is 5.60 Å². The van der Waals surface area contributed by atoms with E-state index in [1.165, 1.54) is 12.5 Å². The van der Waals surface area contributed by atoms with Crippen LogP contribution in [-0.4, -0.2) is 15.6 Å². The van der Waals surface area contributed by atoms with E-state index in [2.05, 4.69) is 0 Å². The third kappa shape index (κ3) is 2.16. The summed E-state index contributed by atoms with van der Waals surface area (Å²) in [6.45, 7) is 0. The molecule has 98 valence electrons. The number of halogens is 2. The zero-order valence-corrected chi connectivity index (χ0v) is 10.9. The Bertz CT molecular complexity index is 451. The zero-order chi connectivity index (χ0) is 12.8. The lowest BCUT2D eigenvalue weighted by molar-refractivity contribution is 0.00777. The molecular weight excluding hydrogens is 254 g/mol. The maximum atomic E-state index is 13.3. The predicted octanol–water partition coefficient (Wildman–Crippen LogP) is 3.60. The standard InChI is InChI=1S/C14H16F2OS/c15-12-5-4-9(6-13(12)16)14(17)7-10-2-1-3-11(8-14)18-10/h4-6,10-11,17H,1-3,7-8H2. The molecule has 0 aromatic heterocycles. The second-order valence-electron chi connectivity index (χ2n) is 5.38. The van der Waals surface area contributed by atoms with Gasteiger partial charge >= 0.3 is 0 Å². The third-order valence-electron chi connectivity index (χ3n) is 4.02. The number of aliphatic hydroxyl groups is 1. The van der Waals surface area contributed by atoms with E-state index in [4.69, 9.17) is 0 Å². The number of hydrogen-bond donors (Lipinski definition) is 1. The molecular formula is C14H16F2OS. The van der Waals surface area contributed by atoms with Gasteiger partial charge in [0.05, 0.1) is 5.60 Å². The monoisotopic (exact) mass is 270 g/mol. The molecule has 0 spiro atoms. The van der Waals surface area contributed by atoms with Crippen molar-refractivity contribution < 1.29 is 13.9 Å². The number of thioether (sulfide) groups is 1. The minimum Gasteiger partial charge on any atom is -0.385 e. The smallest absolute Gasteiger partial charge is 0.159 e. The molecule has 3 rings (SSSR count). The fraction of sp³-hybridized carbons (Fsp3) is 0.571. The van der Waals surface area contributed by atoms with E-state index in [0.29, 0.717) is 28.9 Å². The minimum absolute atomic E-state index is 0.454. The van der Waals surface area contributed by atoms with Gasteiger partial charge in [0.15, 0.2) is 11.6 Å². The number of hydrogen-bond acceptors (Lipinski definition) is 2. The number of benzene rings is 1. The molecule has 1 aromatic rings. The Kier molecular flexibility index (Phi) is 3.10. The van der Waals surface area contributed by atoms with Gasteiger partial charge in [0, 0.05) is 10.5 Å². The SMILES string of the molecule is OC1(c2ccc(F)c(F)c2)CC2CCCC(C1)S2. The fourth-order valence-electron chi connectivity index (χ4n) is 3.14. The topological polar surface area (TPSA) is 20.2 Å². The maximum Gasteiger partial charge on any atom is 0.159 e. The summed E-state index contributed by atoms with van der Waals surface area (Å²) in [5.74, 6) is -1.72. The molecule has 0 radical (unpaired) electrons. The summed E-state index contributed by atoms with van der Waals surface area (Å²) >= 11 is 1.95. The molecule has 2 atom stereocenters. The lowest BCUT2D eigenvalue weighted by Crippen LogP contribution is -2.40. The van der Waals surface area contributed by atoms with E-state index in [1.807, 2.05) is 11.8 Å². The zero-order valence-electron chi connectivity index (χ0n) is 10.0. The van der Waals surface area contributed by atoms with Crippen molar-refractivity contribution in [2.24, 2.45) is 0 Å². The van der Waals surface area contributed by atoms with Crippen LogP contribution in [0.5, 0.6) is 0 Å². The Morgan fingerprint density at radius 1 is 1.11 bits per heavy atom. The van der Waals surface area contributed by atoms with Crippen molar-refractivity contribution in [3.8, 4) is 0 Å². The van der Waals surface area contributed by atoms with Crippen LogP contribution in [0.1, 0.15) is 37.7 Å². The van der Waals surface area contributed by atoms with Gasteiger partial charge in [-0.1, -0.05) is 12.5 Å². The summed E-state index contributed by atoms with van der Waals surface area (Å²) < 4.78 is 26.3. The average molecular weight is 270 g/mol. The van der Waals surface area contributed by atoms with Crippen molar-refractivity contribution in [3.63, 3.8) is 0 Å². The van der Waals surface area contributed by atoms with Gasteiger partial charge in [-0.25, -0.2) is 8.78 Å². The van der Waals surface area contributed by atoms with E-state index in [0.717, 1.165) is 25.0 Å². The van der Waals surface area contributed by atoms with Crippen LogP contribution in [0.15, 0.2) is 18.2 Å². The summed E-state index contributed by atoms with van der Waals surface area (Å²) in [4.78, 5) is 0. The van der Waals surface area contributed by atoms with Crippen LogP contribution >= 0.6 is 11.8 Å². The Hall–Kier alpha value is -0.610. The molecule has 0 aliphatic carbocycles. The van der Waals surface area contributed by atoms with Gasteiger partial charge in [0.25, 0.3) is 0 Å². The molecule has 2 aliphatic rings. The second kappa shape index (κ2) is 4.49. The second-order valence-corrected chi connectivity index (χ2v) is 6.99. The molecule has 0 saturated carbocycles. The van der Waals surface area contributed by atoms with E-state index >= 15 is 0 Å². The molecule has 2 fully saturated rings. The van der Waals surface area contributed by atoms with Crippen molar-refractivity contribution in [2.75, 3.05) is 0 Å². The van der Waals surface area contributed by atoms with Crippen LogP contribution in [0.2, 0.25) is 0 Å². The molecule has 0 amide bonds. The summed E-state index contributed by atoms with van der Waals surface area (Å²) in [6, 6.07) is 3.78. The van der Waals surface area contributed by atoms with Crippen molar-refractivity contribution in [3.05, 3.63) is 35.4 Å². The quantitative estimate of drug-likeness (QED) is 0.841. The van der Waals surface area contributed by atoms with E-state index in [-0.39, 0.29) is 0 Å². The molecule has 2 bridgehead atoms. The van der Waals surface area contributed by atoms with Gasteiger partial charge in [-0.05, 0) is 43.4 Å². The Balaban J connectivity index is 1.91. The van der Waals surface area contributed by atoms with Crippen molar-refractivity contribution >= 4 is 11.8 Å². The molecule has 1 aromatic carbocycles. The molecule has 2 unspecified atom stereocenters. The first-order valence-electron chi connectivity index (χ1n) is 6.40. The summed E-state index contributed by atoms with van der Waals surface area (Å²) in [5.41, 5.74) is -0.450. The molecule has 4 heteroatoms. The molecule has 18 heavy (non-hydrogen) atoms. The lowest BCUT2D eigenvalue weighted by Gasteiger charge is -2.44. The normalized spacial score (nSPS) is 35.5. The molecule has 2 saturated heterocycles. The van der Waals surface area contributed by atoms with Gasteiger partial charge in [0.1, 0.15) is 0 Å². The number of rotatable bonds is 1. The van der Waals surface area contributed by atoms with Crippen LogP contribution in [0.25, 0.3) is 0 Å². The highest BCUT2D eigenvalue weighted by atomic mass is 32.2. The molecule has 2 aliphatic heterocycles. The highest BCUT2D eigenvalue weighted by Gasteiger charge is 2.42. The first-order valence-corrected chi connectivity index (χ1v) is 7.34. The van der Waals surface area contributed by atoms with Gasteiger partial charge in [-0.3, -0.25) is 0 Å². The van der Waals surface area contributed by atoms with E-state index in [9.17, 15) is 13.9 Å². The average Bonchev–Trinajstić information content (AvgIpc) is 2.32. The Morgan fingerprint density at radius 2 is 1.78 bits per heavy atom. The lowest BCUT2D eigenvalue weighted by atomic mass is 9.80. The highest BCUT2D eigenvalue weighted by Crippen LogP contribution is 2.49. The minimum atomic E-state index is -0.977. The van der Waals surface area contributed by atoms with Crippen molar-refractivity contribution in [1.29, 1.82) is 0 Å². The van der Waals surface area contributed by atoms with Gasteiger partial charge in [0.2, 0.25) is 0 Å². The molecule has 1 nitrogen and oxygen atoms in total. The van der Waals surface area contributed by atoms with Gasteiger partial charge < -0.3 is 5.11 Å². The van der Waals surface area contributed by atoms with Crippen LogP contribution in [0.4, 0.5) is 8.78 Å². The van der Waals surface area contributed by atoms with Crippen LogP contribution < -0.4 is 0 Å². The van der Waals surface area contributed by atoms with E-state index in [1.54, 1.807) is 0 Å². The summed E-state index contributed by atoms with van der Waals surface area (Å²) in [6.07, 6.45) is 4.76. The first-order chi connectivity index (χ1) is 8.57. The first kappa shape index (κ1) is 12.4.